The lowest BCUT2D eigenvalue weighted by molar-refractivity contribution is -0.135. The Morgan fingerprint density at radius 3 is 2.44 bits per heavy atom. The average molecular weight is 372 g/mol. The molecule has 0 aliphatic carbocycles. The smallest absolute Gasteiger partial charge is 0.308 e. The topological polar surface area (TPSA) is 77.4 Å². The van der Waals surface area contributed by atoms with Gasteiger partial charge in [0.2, 0.25) is 18.0 Å². The van der Waals surface area contributed by atoms with Crippen LogP contribution in [0.1, 0.15) is 31.2 Å². The van der Waals surface area contributed by atoms with Crippen molar-refractivity contribution in [3.8, 4) is 11.5 Å². The first-order chi connectivity index (χ1) is 12.9. The van der Waals surface area contributed by atoms with Gasteiger partial charge in [0.15, 0.2) is 11.5 Å². The fourth-order valence-corrected chi connectivity index (χ4v) is 2.61. The first-order valence-electron chi connectivity index (χ1n) is 8.07. The third-order valence-electron chi connectivity index (χ3n) is 3.80. The van der Waals surface area contributed by atoms with Crippen molar-refractivity contribution < 1.29 is 28.2 Å². The Kier molecular flexibility index (Phi) is 5.07. The van der Waals surface area contributed by atoms with Crippen molar-refractivity contribution in [2.45, 2.75) is 20.1 Å². The van der Waals surface area contributed by atoms with Crippen LogP contribution in [0.3, 0.4) is 0 Å². The maximum atomic E-state index is 13.2. The molecular formula is C19H17FN2O5. The van der Waals surface area contributed by atoms with Gasteiger partial charge in [-0.25, -0.2) is 4.39 Å². The molecule has 1 unspecified atom stereocenters. The van der Waals surface area contributed by atoms with E-state index in [1.54, 1.807) is 18.2 Å². The van der Waals surface area contributed by atoms with Gasteiger partial charge in [0.25, 0.3) is 0 Å². The summed E-state index contributed by atoms with van der Waals surface area (Å²) in [6.45, 7) is 2.60. The number of carbonyl (C=O) groups excluding carboxylic acids is 2. The fraction of sp³-hybridized carbons (Fsp3) is 0.211. The molecule has 1 aliphatic heterocycles. The predicted molar refractivity (Wildman–Crippen MR) is 93.6 cm³/mol. The second-order valence-electron chi connectivity index (χ2n) is 5.72. The number of ether oxygens (including phenoxy) is 3. The first-order valence-corrected chi connectivity index (χ1v) is 8.07. The fourth-order valence-electron chi connectivity index (χ4n) is 2.61. The molecule has 1 atom stereocenters. The Hall–Kier alpha value is -3.42. The van der Waals surface area contributed by atoms with Gasteiger partial charge in [0.05, 0.1) is 12.7 Å². The minimum atomic E-state index is -0.866. The number of para-hydroxylation sites is 1. The lowest BCUT2D eigenvalue weighted by Crippen LogP contribution is -2.25. The number of carbonyl (C=O) groups is 2. The number of amides is 1. The third kappa shape index (κ3) is 3.74. The molecular weight excluding hydrogens is 355 g/mol. The second kappa shape index (κ2) is 7.45. The minimum Gasteiger partial charge on any atom is -0.493 e. The van der Waals surface area contributed by atoms with Crippen LogP contribution in [0.4, 0.5) is 4.39 Å². The molecule has 1 aliphatic rings. The van der Waals surface area contributed by atoms with E-state index < -0.39 is 18.0 Å². The number of halogens is 1. The molecule has 0 saturated heterocycles. The summed E-state index contributed by atoms with van der Waals surface area (Å²) in [5.74, 6) is -0.788. The van der Waals surface area contributed by atoms with Crippen molar-refractivity contribution in [2.75, 3.05) is 7.11 Å². The van der Waals surface area contributed by atoms with E-state index in [9.17, 15) is 14.0 Å². The number of rotatable bonds is 4. The Balaban J connectivity index is 2.02. The van der Waals surface area contributed by atoms with Gasteiger partial charge in [0, 0.05) is 19.4 Å². The van der Waals surface area contributed by atoms with Crippen molar-refractivity contribution in [3.05, 3.63) is 59.4 Å². The molecule has 27 heavy (non-hydrogen) atoms. The molecule has 1 amide bonds. The molecule has 0 bridgehead atoms. The lowest BCUT2D eigenvalue weighted by atomic mass is 10.1. The molecule has 0 fully saturated rings. The van der Waals surface area contributed by atoms with E-state index in [0.717, 1.165) is 5.01 Å². The maximum Gasteiger partial charge on any atom is 0.308 e. The van der Waals surface area contributed by atoms with Crippen molar-refractivity contribution in [1.82, 2.24) is 5.01 Å². The second-order valence-corrected chi connectivity index (χ2v) is 5.72. The van der Waals surface area contributed by atoms with Crippen LogP contribution < -0.4 is 9.47 Å². The summed E-state index contributed by atoms with van der Waals surface area (Å²) in [5.41, 5.74) is 0.891. The summed E-state index contributed by atoms with van der Waals surface area (Å²) in [7, 11) is 1.44. The van der Waals surface area contributed by atoms with E-state index in [4.69, 9.17) is 14.2 Å². The standard InChI is InChI=1S/C19H17FN2O5/c1-11(23)22-19(13-7-9-14(20)10-8-13)27-18(21-22)15-5-4-6-16(25-3)17(15)26-12(2)24/h4-10,19H,1-3H3. The maximum absolute atomic E-state index is 13.2. The van der Waals surface area contributed by atoms with Crippen molar-refractivity contribution >= 4 is 17.8 Å². The van der Waals surface area contributed by atoms with Gasteiger partial charge in [-0.3, -0.25) is 9.59 Å². The number of nitrogens with zero attached hydrogens (tertiary/aromatic N) is 2. The van der Waals surface area contributed by atoms with Gasteiger partial charge >= 0.3 is 5.97 Å². The largest absolute Gasteiger partial charge is 0.493 e. The number of esters is 1. The first kappa shape index (κ1) is 18.4. The Labute approximate surface area is 154 Å². The van der Waals surface area contributed by atoms with Crippen LogP contribution in [0.5, 0.6) is 11.5 Å². The van der Waals surface area contributed by atoms with Gasteiger partial charge in [-0.2, -0.15) is 5.01 Å². The van der Waals surface area contributed by atoms with Gasteiger partial charge in [-0.15, -0.1) is 5.10 Å². The van der Waals surface area contributed by atoms with E-state index in [1.807, 2.05) is 0 Å². The van der Waals surface area contributed by atoms with E-state index in [2.05, 4.69) is 5.10 Å². The zero-order valence-corrected chi connectivity index (χ0v) is 14.9. The highest BCUT2D eigenvalue weighted by Gasteiger charge is 2.35. The normalized spacial score (nSPS) is 15.8. The minimum absolute atomic E-state index is 0.0784. The SMILES string of the molecule is COc1cccc(C2=NN(C(C)=O)C(c3ccc(F)cc3)O2)c1OC(C)=O. The van der Waals surface area contributed by atoms with E-state index in [1.165, 1.54) is 45.2 Å². The van der Waals surface area contributed by atoms with Gasteiger partial charge in [-0.1, -0.05) is 18.2 Å². The van der Waals surface area contributed by atoms with Gasteiger partial charge in [-0.05, 0) is 24.3 Å². The quantitative estimate of drug-likeness (QED) is 0.609. The van der Waals surface area contributed by atoms with Gasteiger partial charge in [0.1, 0.15) is 5.82 Å². The third-order valence-corrected chi connectivity index (χ3v) is 3.80. The molecule has 2 aromatic carbocycles. The summed E-state index contributed by atoms with van der Waals surface area (Å²) >= 11 is 0. The van der Waals surface area contributed by atoms with Crippen LogP contribution in [0.2, 0.25) is 0 Å². The summed E-state index contributed by atoms with van der Waals surface area (Å²) in [6.07, 6.45) is -0.866. The summed E-state index contributed by atoms with van der Waals surface area (Å²) in [6, 6.07) is 10.5. The highest BCUT2D eigenvalue weighted by molar-refractivity contribution is 6.00. The van der Waals surface area contributed by atoms with Gasteiger partial charge < -0.3 is 14.2 Å². The number of hydrogen-bond donors (Lipinski definition) is 0. The van der Waals surface area contributed by atoms with Crippen LogP contribution >= 0.6 is 0 Å². The molecule has 0 N–H and O–H groups in total. The van der Waals surface area contributed by atoms with E-state index >= 15 is 0 Å². The zero-order chi connectivity index (χ0) is 19.6. The number of benzene rings is 2. The zero-order valence-electron chi connectivity index (χ0n) is 14.9. The monoisotopic (exact) mass is 372 g/mol. The van der Waals surface area contributed by atoms with Crippen LogP contribution in [0.15, 0.2) is 47.6 Å². The molecule has 140 valence electrons. The molecule has 7 nitrogen and oxygen atoms in total. The van der Waals surface area contributed by atoms with E-state index in [-0.39, 0.29) is 17.6 Å². The Bertz CT molecular complexity index is 911. The van der Waals surface area contributed by atoms with Crippen LogP contribution in [-0.4, -0.2) is 29.9 Å². The molecule has 8 heteroatoms. The molecule has 2 aromatic rings. The highest BCUT2D eigenvalue weighted by atomic mass is 19.1. The number of methoxy groups -OCH3 is 1. The summed E-state index contributed by atoms with van der Waals surface area (Å²) in [5, 5.41) is 5.36. The van der Waals surface area contributed by atoms with Crippen LogP contribution in [-0.2, 0) is 14.3 Å². The Morgan fingerprint density at radius 1 is 1.15 bits per heavy atom. The molecule has 0 saturated carbocycles. The van der Waals surface area contributed by atoms with Crippen molar-refractivity contribution in [3.63, 3.8) is 0 Å². The summed E-state index contributed by atoms with van der Waals surface area (Å²) in [4.78, 5) is 23.5. The van der Waals surface area contributed by atoms with Crippen molar-refractivity contribution in [2.24, 2.45) is 5.10 Å². The molecule has 1 heterocycles. The molecule has 0 radical (unpaired) electrons. The molecule has 0 aromatic heterocycles. The van der Waals surface area contributed by atoms with Crippen LogP contribution in [0, 0.1) is 5.82 Å². The highest BCUT2D eigenvalue weighted by Crippen LogP contribution is 2.37. The lowest BCUT2D eigenvalue weighted by Gasteiger charge is -2.19. The molecule has 0 spiro atoms. The molecule has 3 rings (SSSR count). The number of hydrazone groups is 1. The number of hydrogen-bond acceptors (Lipinski definition) is 6. The summed E-state index contributed by atoms with van der Waals surface area (Å²) < 4.78 is 29.6. The predicted octanol–water partition coefficient (Wildman–Crippen LogP) is 3.00. The van der Waals surface area contributed by atoms with Crippen LogP contribution in [0.25, 0.3) is 0 Å². The van der Waals surface area contributed by atoms with Crippen molar-refractivity contribution in [1.29, 1.82) is 0 Å². The average Bonchev–Trinajstić information content (AvgIpc) is 3.07. The van der Waals surface area contributed by atoms with E-state index in [0.29, 0.717) is 16.9 Å². The Morgan fingerprint density at radius 2 is 1.85 bits per heavy atom.